The highest BCUT2D eigenvalue weighted by Gasteiger charge is 2.02. The molecule has 0 saturated carbocycles. The Morgan fingerprint density at radius 2 is 2.15 bits per heavy atom. The second kappa shape index (κ2) is 5.02. The molecule has 2 aromatic heterocycles. The third-order valence-corrected chi connectivity index (χ3v) is 2.50. The zero-order valence-corrected chi connectivity index (χ0v) is 9.64. The average Bonchev–Trinajstić information content (AvgIpc) is 2.43. The van der Waals surface area contributed by atoms with Crippen LogP contribution in [-0.4, -0.2) is 9.38 Å². The van der Waals surface area contributed by atoms with Crippen LogP contribution < -0.4 is 5.73 Å². The highest BCUT2D eigenvalue weighted by molar-refractivity contribution is 7.20. The molecule has 13 heavy (non-hydrogen) atoms. The monoisotopic (exact) mass is 259 g/mol. The van der Waals surface area contributed by atoms with Crippen molar-refractivity contribution in [2.45, 2.75) is 6.54 Å². The molecule has 0 aliphatic carbocycles. The zero-order chi connectivity index (χ0) is 7.84. The van der Waals surface area contributed by atoms with E-state index in [2.05, 4.69) is 4.98 Å². The standard InChI is InChI=1S/C6H6ClN3S.2ClH/c7-5-3-10-2-4(1-8)9-6(10)11-5;;/h2-3H,1,8H2;2*1H. The van der Waals surface area contributed by atoms with Gasteiger partial charge in [-0.05, 0) is 0 Å². The highest BCUT2D eigenvalue weighted by atomic mass is 35.5. The first kappa shape index (κ1) is 13.0. The van der Waals surface area contributed by atoms with Gasteiger partial charge in [-0.2, -0.15) is 0 Å². The Kier molecular flexibility index (Phi) is 5.02. The van der Waals surface area contributed by atoms with E-state index < -0.39 is 0 Å². The van der Waals surface area contributed by atoms with Crippen LogP contribution in [0.4, 0.5) is 0 Å². The lowest BCUT2D eigenvalue weighted by atomic mass is 10.5. The van der Waals surface area contributed by atoms with Crippen molar-refractivity contribution in [3.63, 3.8) is 0 Å². The molecular weight excluding hydrogens is 253 g/mol. The molecule has 0 aliphatic rings. The smallest absolute Gasteiger partial charge is 0.195 e. The number of rotatable bonds is 1. The molecule has 0 radical (unpaired) electrons. The van der Waals surface area contributed by atoms with Crippen LogP contribution in [0.2, 0.25) is 4.34 Å². The van der Waals surface area contributed by atoms with E-state index in [-0.39, 0.29) is 24.8 Å². The van der Waals surface area contributed by atoms with Crippen LogP contribution in [0.15, 0.2) is 12.4 Å². The summed E-state index contributed by atoms with van der Waals surface area (Å²) in [4.78, 5) is 5.12. The van der Waals surface area contributed by atoms with Crippen LogP contribution in [0.1, 0.15) is 5.69 Å². The van der Waals surface area contributed by atoms with Crippen LogP contribution in [0.5, 0.6) is 0 Å². The molecule has 0 bridgehead atoms. The lowest BCUT2D eigenvalue weighted by Gasteiger charge is -1.80. The van der Waals surface area contributed by atoms with E-state index in [0.717, 1.165) is 15.0 Å². The van der Waals surface area contributed by atoms with Crippen molar-refractivity contribution in [3.05, 3.63) is 22.4 Å². The number of imidazole rings is 1. The summed E-state index contributed by atoms with van der Waals surface area (Å²) in [5, 5.41) is 0. The van der Waals surface area contributed by atoms with Crippen LogP contribution in [0, 0.1) is 0 Å². The van der Waals surface area contributed by atoms with Crippen LogP contribution in [0.3, 0.4) is 0 Å². The number of fused-ring (bicyclic) bond motifs is 1. The topological polar surface area (TPSA) is 43.3 Å². The normalized spacial score (nSPS) is 9.38. The molecule has 7 heteroatoms. The molecule has 0 aromatic carbocycles. The van der Waals surface area contributed by atoms with Crippen molar-refractivity contribution < 1.29 is 0 Å². The Balaban J connectivity index is 0.000000720. The number of nitrogens with two attached hydrogens (primary N) is 1. The minimum Gasteiger partial charge on any atom is -0.325 e. The lowest BCUT2D eigenvalue weighted by Crippen LogP contribution is -1.95. The minimum atomic E-state index is 0. The average molecular weight is 261 g/mol. The summed E-state index contributed by atoms with van der Waals surface area (Å²) in [5.74, 6) is 0. The quantitative estimate of drug-likeness (QED) is 0.855. The van der Waals surface area contributed by atoms with Crippen molar-refractivity contribution >= 4 is 52.7 Å². The van der Waals surface area contributed by atoms with Gasteiger partial charge < -0.3 is 5.73 Å². The second-order valence-corrected chi connectivity index (χ2v) is 3.80. The first-order valence-electron chi connectivity index (χ1n) is 3.12. The van der Waals surface area contributed by atoms with Gasteiger partial charge in [-0.3, -0.25) is 4.40 Å². The van der Waals surface area contributed by atoms with E-state index in [1.54, 1.807) is 0 Å². The molecule has 0 saturated heterocycles. The van der Waals surface area contributed by atoms with E-state index in [9.17, 15) is 0 Å². The molecule has 2 heterocycles. The molecule has 2 rings (SSSR count). The summed E-state index contributed by atoms with van der Waals surface area (Å²) >= 11 is 7.20. The molecule has 0 fully saturated rings. The molecule has 2 N–H and O–H groups in total. The first-order chi connectivity index (χ1) is 5.29. The van der Waals surface area contributed by atoms with Gasteiger partial charge in [-0.15, -0.1) is 24.8 Å². The highest BCUT2D eigenvalue weighted by Crippen LogP contribution is 2.21. The Bertz CT molecular complexity index is 352. The largest absolute Gasteiger partial charge is 0.325 e. The number of hydrogen-bond acceptors (Lipinski definition) is 3. The van der Waals surface area contributed by atoms with Crippen LogP contribution in [-0.2, 0) is 6.54 Å². The molecule has 0 amide bonds. The van der Waals surface area contributed by atoms with Gasteiger partial charge in [0, 0.05) is 18.9 Å². The van der Waals surface area contributed by atoms with Gasteiger partial charge in [-0.25, -0.2) is 4.98 Å². The van der Waals surface area contributed by atoms with Gasteiger partial charge >= 0.3 is 0 Å². The van der Waals surface area contributed by atoms with E-state index in [1.807, 2.05) is 16.8 Å². The summed E-state index contributed by atoms with van der Waals surface area (Å²) in [6.07, 6.45) is 3.71. The van der Waals surface area contributed by atoms with Crippen molar-refractivity contribution in [2.75, 3.05) is 0 Å². The first-order valence-corrected chi connectivity index (χ1v) is 4.32. The van der Waals surface area contributed by atoms with Crippen molar-refractivity contribution in [2.24, 2.45) is 5.73 Å². The lowest BCUT2D eigenvalue weighted by molar-refractivity contribution is 1.02. The fourth-order valence-corrected chi connectivity index (χ4v) is 1.94. The predicted octanol–water partition coefficient (Wildman–Crippen LogP) is 2.35. The van der Waals surface area contributed by atoms with Gasteiger partial charge in [0.25, 0.3) is 0 Å². The Hall–Kier alpha value is -0.000000000000000167. The maximum atomic E-state index is 5.75. The van der Waals surface area contributed by atoms with E-state index >= 15 is 0 Å². The SMILES string of the molecule is Cl.Cl.NCc1cn2cc(Cl)sc2n1. The maximum absolute atomic E-state index is 5.75. The molecule has 0 unspecified atom stereocenters. The van der Waals surface area contributed by atoms with Gasteiger partial charge in [0.2, 0.25) is 0 Å². The minimum absolute atomic E-state index is 0. The molecule has 74 valence electrons. The Morgan fingerprint density at radius 3 is 2.69 bits per heavy atom. The van der Waals surface area contributed by atoms with Gasteiger partial charge in [0.05, 0.1) is 5.69 Å². The summed E-state index contributed by atoms with van der Waals surface area (Å²) < 4.78 is 2.63. The van der Waals surface area contributed by atoms with Crippen LogP contribution >= 0.6 is 47.8 Å². The second-order valence-electron chi connectivity index (χ2n) is 2.16. The van der Waals surface area contributed by atoms with Crippen molar-refractivity contribution in [1.82, 2.24) is 9.38 Å². The molecule has 0 aliphatic heterocycles. The third-order valence-electron chi connectivity index (χ3n) is 1.39. The Morgan fingerprint density at radius 1 is 1.46 bits per heavy atom. The van der Waals surface area contributed by atoms with Gasteiger partial charge in [-0.1, -0.05) is 22.9 Å². The van der Waals surface area contributed by atoms with E-state index in [0.29, 0.717) is 6.54 Å². The summed E-state index contributed by atoms with van der Waals surface area (Å²) in [6.45, 7) is 0.478. The molecule has 0 atom stereocenters. The maximum Gasteiger partial charge on any atom is 0.195 e. The molecule has 0 spiro atoms. The van der Waals surface area contributed by atoms with Gasteiger partial charge in [0.1, 0.15) is 4.34 Å². The molecule has 2 aromatic rings. The molecular formula is C6H8Cl3N3S. The number of hydrogen-bond donors (Lipinski definition) is 1. The summed E-state index contributed by atoms with van der Waals surface area (Å²) in [6, 6.07) is 0. The summed E-state index contributed by atoms with van der Waals surface area (Å²) in [5.41, 5.74) is 6.30. The number of halogens is 3. The Labute approximate surface area is 96.7 Å². The predicted molar refractivity (Wildman–Crippen MR) is 60.5 cm³/mol. The van der Waals surface area contributed by atoms with E-state index in [4.69, 9.17) is 17.3 Å². The zero-order valence-electron chi connectivity index (χ0n) is 6.44. The van der Waals surface area contributed by atoms with E-state index in [1.165, 1.54) is 11.3 Å². The number of nitrogens with zero attached hydrogens (tertiary/aromatic N) is 2. The molecule has 3 nitrogen and oxygen atoms in total. The fraction of sp³-hybridized carbons (Fsp3) is 0.167. The van der Waals surface area contributed by atoms with Gasteiger partial charge in [0.15, 0.2) is 4.96 Å². The van der Waals surface area contributed by atoms with Crippen molar-refractivity contribution in [3.8, 4) is 0 Å². The third kappa shape index (κ3) is 2.48. The summed E-state index contributed by atoms with van der Waals surface area (Å²) in [7, 11) is 0. The fourth-order valence-electron chi connectivity index (χ4n) is 0.914. The van der Waals surface area contributed by atoms with Crippen LogP contribution in [0.25, 0.3) is 4.96 Å². The number of thiazole rings is 1. The number of aromatic nitrogens is 2. The van der Waals surface area contributed by atoms with Crippen molar-refractivity contribution in [1.29, 1.82) is 0 Å².